The molecular formula is C18H23NO5. The van der Waals surface area contributed by atoms with Crippen LogP contribution in [0, 0.1) is 0 Å². The molecule has 1 heterocycles. The third kappa shape index (κ3) is 5.09. The van der Waals surface area contributed by atoms with Crippen LogP contribution in [0.15, 0.2) is 30.3 Å². The summed E-state index contributed by atoms with van der Waals surface area (Å²) < 4.78 is 10.8. The molecule has 0 unspecified atom stereocenters. The van der Waals surface area contributed by atoms with E-state index in [4.69, 9.17) is 14.6 Å². The number of rotatable bonds is 7. The van der Waals surface area contributed by atoms with Gasteiger partial charge in [-0.25, -0.2) is 0 Å². The van der Waals surface area contributed by atoms with E-state index in [1.807, 2.05) is 31.2 Å². The fourth-order valence-corrected chi connectivity index (χ4v) is 2.69. The van der Waals surface area contributed by atoms with Crippen LogP contribution in [0.5, 0.6) is 5.75 Å². The molecule has 0 spiro atoms. The lowest BCUT2D eigenvalue weighted by Crippen LogP contribution is -2.45. The van der Waals surface area contributed by atoms with Crippen molar-refractivity contribution in [3.63, 3.8) is 0 Å². The van der Waals surface area contributed by atoms with Crippen molar-refractivity contribution in [1.82, 2.24) is 4.90 Å². The van der Waals surface area contributed by atoms with Crippen LogP contribution in [0.2, 0.25) is 0 Å². The van der Waals surface area contributed by atoms with Crippen LogP contribution in [0.4, 0.5) is 0 Å². The Kier molecular flexibility index (Phi) is 6.81. The second kappa shape index (κ2) is 9.08. The summed E-state index contributed by atoms with van der Waals surface area (Å²) in [5.41, 5.74) is 0.787. The maximum Gasteiger partial charge on any atom is 0.323 e. The molecule has 2 rings (SSSR count). The molecule has 1 amide bonds. The molecule has 1 fully saturated rings. The summed E-state index contributed by atoms with van der Waals surface area (Å²) in [5, 5.41) is 9.09. The Morgan fingerprint density at radius 3 is 2.71 bits per heavy atom. The lowest BCUT2D eigenvalue weighted by atomic mass is 10.1. The average Bonchev–Trinajstić information content (AvgIpc) is 2.59. The monoisotopic (exact) mass is 333 g/mol. The molecule has 0 bridgehead atoms. The minimum Gasteiger partial charge on any atom is -0.493 e. The van der Waals surface area contributed by atoms with Crippen LogP contribution in [-0.2, 0) is 14.3 Å². The largest absolute Gasteiger partial charge is 0.493 e. The van der Waals surface area contributed by atoms with E-state index in [0.29, 0.717) is 38.4 Å². The number of carbonyl (C=O) groups is 2. The summed E-state index contributed by atoms with van der Waals surface area (Å²) in [4.78, 5) is 25.0. The van der Waals surface area contributed by atoms with Crippen LogP contribution in [0.25, 0.3) is 6.08 Å². The van der Waals surface area contributed by atoms with Gasteiger partial charge in [-0.1, -0.05) is 18.2 Å². The molecule has 24 heavy (non-hydrogen) atoms. The summed E-state index contributed by atoms with van der Waals surface area (Å²) in [7, 11) is 0. The van der Waals surface area contributed by atoms with Gasteiger partial charge >= 0.3 is 5.97 Å². The molecule has 0 atom stereocenters. The highest BCUT2D eigenvalue weighted by molar-refractivity contribution is 5.94. The van der Waals surface area contributed by atoms with Crippen molar-refractivity contribution >= 4 is 18.0 Å². The van der Waals surface area contributed by atoms with E-state index >= 15 is 0 Å². The van der Waals surface area contributed by atoms with E-state index in [0.717, 1.165) is 5.56 Å². The first kappa shape index (κ1) is 18.0. The molecule has 0 saturated carbocycles. The molecule has 1 aliphatic rings. The van der Waals surface area contributed by atoms with Crippen molar-refractivity contribution in [3.8, 4) is 5.75 Å². The highest BCUT2D eigenvalue weighted by atomic mass is 16.5. The van der Waals surface area contributed by atoms with Gasteiger partial charge in [0.1, 0.15) is 12.3 Å². The van der Waals surface area contributed by atoms with E-state index in [1.54, 1.807) is 6.08 Å². The maximum atomic E-state index is 12.5. The molecular weight excluding hydrogens is 310 g/mol. The molecule has 1 aromatic carbocycles. The van der Waals surface area contributed by atoms with E-state index in [-0.39, 0.29) is 18.5 Å². The number of ether oxygens (including phenoxy) is 2. The van der Waals surface area contributed by atoms with Gasteiger partial charge in [0, 0.05) is 30.9 Å². The van der Waals surface area contributed by atoms with Crippen LogP contribution < -0.4 is 4.74 Å². The van der Waals surface area contributed by atoms with Gasteiger partial charge in [-0.05, 0) is 31.9 Å². The van der Waals surface area contributed by atoms with Crippen LogP contribution in [0.1, 0.15) is 25.3 Å². The predicted molar refractivity (Wildman–Crippen MR) is 89.8 cm³/mol. The Bertz CT molecular complexity index is 593. The Hall–Kier alpha value is -2.34. The lowest BCUT2D eigenvalue weighted by molar-refractivity contribution is -0.145. The van der Waals surface area contributed by atoms with E-state index in [9.17, 15) is 9.59 Å². The van der Waals surface area contributed by atoms with Crippen molar-refractivity contribution in [2.45, 2.75) is 25.8 Å². The Balaban J connectivity index is 2.12. The first-order valence-corrected chi connectivity index (χ1v) is 8.12. The number of carbonyl (C=O) groups excluding carboxylic acids is 1. The molecule has 0 radical (unpaired) electrons. The maximum absolute atomic E-state index is 12.5. The third-order valence-corrected chi connectivity index (χ3v) is 3.84. The number of benzene rings is 1. The molecule has 6 heteroatoms. The number of aliphatic carboxylic acids is 1. The van der Waals surface area contributed by atoms with E-state index in [1.165, 1.54) is 11.0 Å². The predicted octanol–water partition coefficient (Wildman–Crippen LogP) is 2.19. The van der Waals surface area contributed by atoms with Gasteiger partial charge in [0.05, 0.1) is 6.61 Å². The topological polar surface area (TPSA) is 76.1 Å². The molecule has 0 aliphatic carbocycles. The molecule has 1 aromatic rings. The van der Waals surface area contributed by atoms with Crippen molar-refractivity contribution in [1.29, 1.82) is 0 Å². The van der Waals surface area contributed by atoms with Gasteiger partial charge < -0.3 is 19.5 Å². The number of amides is 1. The Morgan fingerprint density at radius 2 is 2.04 bits per heavy atom. The third-order valence-electron chi connectivity index (χ3n) is 3.84. The smallest absolute Gasteiger partial charge is 0.323 e. The van der Waals surface area contributed by atoms with Crippen LogP contribution in [-0.4, -0.2) is 54.3 Å². The molecule has 130 valence electrons. The minimum atomic E-state index is -1.02. The number of carboxylic acid groups (broad SMARTS) is 1. The average molecular weight is 333 g/mol. The SMILES string of the molecule is CCOc1ccccc1C=CC(=O)N(CC(=O)O)C1CCOCC1. The number of hydrogen-bond donors (Lipinski definition) is 1. The number of carboxylic acids is 1. The zero-order valence-corrected chi connectivity index (χ0v) is 13.8. The van der Waals surface area contributed by atoms with Gasteiger partial charge in [-0.2, -0.15) is 0 Å². The second-order valence-electron chi connectivity index (χ2n) is 5.51. The molecule has 0 aromatic heterocycles. The van der Waals surface area contributed by atoms with Gasteiger partial charge in [0.2, 0.25) is 5.91 Å². The molecule has 1 aliphatic heterocycles. The number of para-hydroxylation sites is 1. The highest BCUT2D eigenvalue weighted by Crippen LogP contribution is 2.20. The molecule has 6 nitrogen and oxygen atoms in total. The molecule has 1 saturated heterocycles. The van der Waals surface area contributed by atoms with Crippen LogP contribution in [0.3, 0.4) is 0 Å². The van der Waals surface area contributed by atoms with Crippen molar-refractivity contribution in [3.05, 3.63) is 35.9 Å². The van der Waals surface area contributed by atoms with Gasteiger partial charge in [-0.15, -0.1) is 0 Å². The van der Waals surface area contributed by atoms with E-state index < -0.39 is 5.97 Å². The summed E-state index contributed by atoms with van der Waals surface area (Å²) in [6.07, 6.45) is 4.39. The van der Waals surface area contributed by atoms with Crippen molar-refractivity contribution in [2.75, 3.05) is 26.4 Å². The highest BCUT2D eigenvalue weighted by Gasteiger charge is 2.26. The quantitative estimate of drug-likeness (QED) is 0.774. The first-order chi connectivity index (χ1) is 11.6. The summed E-state index contributed by atoms with van der Waals surface area (Å²) in [6, 6.07) is 7.31. The zero-order chi connectivity index (χ0) is 17.4. The Labute approximate surface area is 141 Å². The zero-order valence-electron chi connectivity index (χ0n) is 13.8. The van der Waals surface area contributed by atoms with Crippen LogP contribution >= 0.6 is 0 Å². The van der Waals surface area contributed by atoms with E-state index in [2.05, 4.69) is 0 Å². The van der Waals surface area contributed by atoms with Crippen molar-refractivity contribution < 1.29 is 24.2 Å². The standard InChI is InChI=1S/C18H23NO5/c1-2-24-16-6-4-3-5-14(16)7-8-17(20)19(13-18(21)22)15-9-11-23-12-10-15/h3-8,15H,2,9-13H2,1H3,(H,21,22). The normalized spacial score (nSPS) is 15.4. The fourth-order valence-electron chi connectivity index (χ4n) is 2.69. The summed E-state index contributed by atoms with van der Waals surface area (Å²) in [5.74, 6) is -0.631. The number of nitrogens with zero attached hydrogens (tertiary/aromatic N) is 1. The molecule has 1 N–H and O–H groups in total. The first-order valence-electron chi connectivity index (χ1n) is 8.12. The minimum absolute atomic E-state index is 0.103. The van der Waals surface area contributed by atoms with Gasteiger partial charge in [0.25, 0.3) is 0 Å². The Morgan fingerprint density at radius 1 is 1.33 bits per heavy atom. The van der Waals surface area contributed by atoms with Crippen molar-refractivity contribution in [2.24, 2.45) is 0 Å². The second-order valence-corrected chi connectivity index (χ2v) is 5.51. The lowest BCUT2D eigenvalue weighted by Gasteiger charge is -2.32. The number of hydrogen-bond acceptors (Lipinski definition) is 4. The fraction of sp³-hybridized carbons (Fsp3) is 0.444. The summed E-state index contributed by atoms with van der Waals surface area (Å²) in [6.45, 7) is 3.22. The van der Waals surface area contributed by atoms with Gasteiger partial charge in [0.15, 0.2) is 0 Å². The summed E-state index contributed by atoms with van der Waals surface area (Å²) >= 11 is 0. The van der Waals surface area contributed by atoms with Gasteiger partial charge in [-0.3, -0.25) is 9.59 Å².